The third-order valence-corrected chi connectivity index (χ3v) is 3.68. The Kier molecular flexibility index (Phi) is 2.73. The van der Waals surface area contributed by atoms with Crippen LogP contribution >= 0.6 is 0 Å². The summed E-state index contributed by atoms with van der Waals surface area (Å²) in [5.74, 6) is 1.34. The molecule has 2 fully saturated rings. The molecule has 15 heavy (non-hydrogen) atoms. The van der Waals surface area contributed by atoms with E-state index in [2.05, 4.69) is 24.1 Å². The highest BCUT2D eigenvalue weighted by Crippen LogP contribution is 2.45. The first-order valence-corrected chi connectivity index (χ1v) is 5.80. The molecule has 3 atom stereocenters. The largest absolute Gasteiger partial charge is 0.351 e. The lowest BCUT2D eigenvalue weighted by Gasteiger charge is -2.23. The van der Waals surface area contributed by atoms with Crippen molar-refractivity contribution in [1.82, 2.24) is 10.2 Å². The van der Waals surface area contributed by atoms with Gasteiger partial charge in [0.1, 0.15) is 0 Å². The molecule has 86 valence electrons. The summed E-state index contributed by atoms with van der Waals surface area (Å²) in [5, 5.41) is 3.02. The van der Waals surface area contributed by atoms with Gasteiger partial charge in [-0.15, -0.1) is 0 Å². The summed E-state index contributed by atoms with van der Waals surface area (Å²) in [6.45, 7) is 8.44. The number of carbonyl (C=O) groups is 1. The molecule has 2 rings (SSSR count). The molecule has 1 aliphatic heterocycles. The van der Waals surface area contributed by atoms with Crippen LogP contribution in [0.4, 0.5) is 0 Å². The first-order chi connectivity index (χ1) is 7.00. The van der Waals surface area contributed by atoms with E-state index in [4.69, 9.17) is 5.73 Å². The molecule has 1 amide bonds. The van der Waals surface area contributed by atoms with Crippen molar-refractivity contribution in [2.75, 3.05) is 13.1 Å². The van der Waals surface area contributed by atoms with Gasteiger partial charge in [0.25, 0.3) is 0 Å². The Labute approximate surface area is 91.2 Å². The van der Waals surface area contributed by atoms with Gasteiger partial charge in [0.15, 0.2) is 0 Å². The zero-order valence-corrected chi connectivity index (χ0v) is 9.73. The number of rotatable bonds is 3. The SMILES string of the molecule is CC(C)N1CC2C(C1)C2NC(=O)[C@H](C)N. The first kappa shape index (κ1) is 10.9. The van der Waals surface area contributed by atoms with Gasteiger partial charge >= 0.3 is 0 Å². The summed E-state index contributed by atoms with van der Waals surface area (Å²) >= 11 is 0. The molecule has 2 aliphatic rings. The molecule has 2 unspecified atom stereocenters. The fraction of sp³-hybridized carbons (Fsp3) is 0.909. The maximum Gasteiger partial charge on any atom is 0.236 e. The maximum absolute atomic E-state index is 11.4. The molecule has 4 heteroatoms. The Bertz CT molecular complexity index is 253. The van der Waals surface area contributed by atoms with Crippen LogP contribution in [-0.2, 0) is 4.79 Å². The Morgan fingerprint density at radius 3 is 2.27 bits per heavy atom. The number of nitrogens with one attached hydrogen (secondary N) is 1. The van der Waals surface area contributed by atoms with Crippen molar-refractivity contribution in [3.05, 3.63) is 0 Å². The van der Waals surface area contributed by atoms with Crippen LogP contribution in [0.3, 0.4) is 0 Å². The summed E-state index contributed by atoms with van der Waals surface area (Å²) in [4.78, 5) is 13.9. The van der Waals surface area contributed by atoms with Crippen LogP contribution in [0.25, 0.3) is 0 Å². The zero-order valence-electron chi connectivity index (χ0n) is 9.73. The Hall–Kier alpha value is -0.610. The van der Waals surface area contributed by atoms with E-state index in [1.807, 2.05) is 0 Å². The minimum Gasteiger partial charge on any atom is -0.351 e. The van der Waals surface area contributed by atoms with Crippen LogP contribution < -0.4 is 11.1 Å². The second-order valence-electron chi connectivity index (χ2n) is 5.20. The zero-order chi connectivity index (χ0) is 11.2. The monoisotopic (exact) mass is 211 g/mol. The molecular weight excluding hydrogens is 190 g/mol. The summed E-state index contributed by atoms with van der Waals surface area (Å²) in [6.07, 6.45) is 0. The van der Waals surface area contributed by atoms with Crippen LogP contribution in [0.5, 0.6) is 0 Å². The molecule has 0 spiro atoms. The van der Waals surface area contributed by atoms with E-state index in [9.17, 15) is 4.79 Å². The smallest absolute Gasteiger partial charge is 0.236 e. The summed E-state index contributed by atoms with van der Waals surface area (Å²) in [5.41, 5.74) is 5.52. The molecule has 0 aromatic heterocycles. The number of amides is 1. The fourth-order valence-corrected chi connectivity index (χ4v) is 2.49. The molecule has 1 aliphatic carbocycles. The number of likely N-dealkylation sites (tertiary alicyclic amines) is 1. The highest BCUT2D eigenvalue weighted by molar-refractivity contribution is 5.81. The van der Waals surface area contributed by atoms with Gasteiger partial charge in [-0.05, 0) is 32.6 Å². The summed E-state index contributed by atoms with van der Waals surface area (Å²) in [7, 11) is 0. The van der Waals surface area contributed by atoms with E-state index >= 15 is 0 Å². The third kappa shape index (κ3) is 2.01. The predicted molar refractivity (Wildman–Crippen MR) is 59.3 cm³/mol. The van der Waals surface area contributed by atoms with E-state index < -0.39 is 0 Å². The van der Waals surface area contributed by atoms with E-state index in [1.54, 1.807) is 6.92 Å². The van der Waals surface area contributed by atoms with Gasteiger partial charge < -0.3 is 16.0 Å². The predicted octanol–water partition coefficient (Wildman–Crippen LogP) is -0.212. The molecule has 0 bridgehead atoms. The van der Waals surface area contributed by atoms with Gasteiger partial charge in [-0.3, -0.25) is 4.79 Å². The molecule has 0 radical (unpaired) electrons. The number of nitrogens with zero attached hydrogens (tertiary/aromatic N) is 1. The lowest BCUT2D eigenvalue weighted by molar-refractivity contribution is -0.122. The van der Waals surface area contributed by atoms with E-state index in [0.29, 0.717) is 23.9 Å². The molecule has 3 N–H and O–H groups in total. The molecule has 1 saturated carbocycles. The van der Waals surface area contributed by atoms with Crippen molar-refractivity contribution in [2.24, 2.45) is 17.6 Å². The molecular formula is C11H21N3O. The number of carbonyl (C=O) groups excluding carboxylic acids is 1. The Morgan fingerprint density at radius 2 is 1.87 bits per heavy atom. The van der Waals surface area contributed by atoms with Crippen LogP contribution in [0.15, 0.2) is 0 Å². The van der Waals surface area contributed by atoms with Gasteiger partial charge in [-0.1, -0.05) is 0 Å². The van der Waals surface area contributed by atoms with Gasteiger partial charge in [0, 0.05) is 25.2 Å². The maximum atomic E-state index is 11.4. The minimum atomic E-state index is -0.382. The van der Waals surface area contributed by atoms with Gasteiger partial charge in [-0.25, -0.2) is 0 Å². The van der Waals surface area contributed by atoms with Crippen molar-refractivity contribution in [3.63, 3.8) is 0 Å². The van der Waals surface area contributed by atoms with Crippen molar-refractivity contribution in [1.29, 1.82) is 0 Å². The van der Waals surface area contributed by atoms with E-state index in [0.717, 1.165) is 13.1 Å². The van der Waals surface area contributed by atoms with Crippen LogP contribution in [-0.4, -0.2) is 42.0 Å². The molecule has 0 aromatic carbocycles. The number of fused-ring (bicyclic) bond motifs is 1. The standard InChI is InChI=1S/C11H21N3O/c1-6(2)14-4-8-9(5-14)10(8)13-11(15)7(3)12/h6-10H,4-5,12H2,1-3H3,(H,13,15)/t7-,8?,9?,10?/m0/s1. The Morgan fingerprint density at radius 1 is 1.33 bits per heavy atom. The van der Waals surface area contributed by atoms with Crippen LogP contribution in [0.2, 0.25) is 0 Å². The van der Waals surface area contributed by atoms with E-state index in [-0.39, 0.29) is 11.9 Å². The highest BCUT2D eigenvalue weighted by Gasteiger charge is 2.56. The number of nitrogens with two attached hydrogens (primary N) is 1. The minimum absolute atomic E-state index is 0.00880. The van der Waals surface area contributed by atoms with Crippen molar-refractivity contribution >= 4 is 5.91 Å². The Balaban J connectivity index is 1.78. The second kappa shape index (κ2) is 3.76. The molecule has 1 heterocycles. The van der Waals surface area contributed by atoms with Crippen molar-refractivity contribution < 1.29 is 4.79 Å². The molecule has 1 saturated heterocycles. The second-order valence-corrected chi connectivity index (χ2v) is 5.20. The quantitative estimate of drug-likeness (QED) is 0.679. The summed E-state index contributed by atoms with van der Waals surface area (Å²) < 4.78 is 0. The van der Waals surface area contributed by atoms with Crippen molar-refractivity contribution in [2.45, 2.75) is 38.9 Å². The topological polar surface area (TPSA) is 58.4 Å². The van der Waals surface area contributed by atoms with E-state index in [1.165, 1.54) is 0 Å². The van der Waals surface area contributed by atoms with Gasteiger partial charge in [0.05, 0.1) is 6.04 Å². The first-order valence-electron chi connectivity index (χ1n) is 5.80. The molecule has 0 aromatic rings. The lowest BCUT2D eigenvalue weighted by atomic mass is 10.3. The highest BCUT2D eigenvalue weighted by atomic mass is 16.2. The van der Waals surface area contributed by atoms with Crippen molar-refractivity contribution in [3.8, 4) is 0 Å². The average Bonchev–Trinajstić information content (AvgIpc) is 2.62. The average molecular weight is 211 g/mol. The van der Waals surface area contributed by atoms with Gasteiger partial charge in [0.2, 0.25) is 5.91 Å². The van der Waals surface area contributed by atoms with Crippen LogP contribution in [0, 0.1) is 11.8 Å². The third-order valence-electron chi connectivity index (χ3n) is 3.68. The number of hydrogen-bond acceptors (Lipinski definition) is 3. The fourth-order valence-electron chi connectivity index (χ4n) is 2.49. The van der Waals surface area contributed by atoms with Gasteiger partial charge in [-0.2, -0.15) is 0 Å². The summed E-state index contributed by atoms with van der Waals surface area (Å²) in [6, 6.07) is 0.647. The molecule has 4 nitrogen and oxygen atoms in total. The number of piperidine rings is 1. The number of hydrogen-bond donors (Lipinski definition) is 2. The lowest BCUT2D eigenvalue weighted by Crippen LogP contribution is -2.43. The van der Waals surface area contributed by atoms with Crippen LogP contribution in [0.1, 0.15) is 20.8 Å². The normalized spacial score (nSPS) is 36.5.